The van der Waals surface area contributed by atoms with Gasteiger partial charge < -0.3 is 0 Å². The summed E-state index contributed by atoms with van der Waals surface area (Å²) in [4.78, 5) is 0. The van der Waals surface area contributed by atoms with E-state index in [0.29, 0.717) is 0 Å². The summed E-state index contributed by atoms with van der Waals surface area (Å²) in [7, 11) is 0. The van der Waals surface area contributed by atoms with Crippen LogP contribution in [-0.4, -0.2) is 0 Å². The lowest BCUT2D eigenvalue weighted by atomic mass is 9.93. The van der Waals surface area contributed by atoms with E-state index < -0.39 is 0 Å². The summed E-state index contributed by atoms with van der Waals surface area (Å²) >= 11 is 0. The summed E-state index contributed by atoms with van der Waals surface area (Å²) in [6.45, 7) is 54.5. The molecule has 0 bridgehead atoms. The SMILES string of the molecule is CC(C)C/C=C/C=C/CC(C)C.CC(C)C/C=C/CC(C)C.CC(C)CC1=CC=C(CC(C)C)C1.CC(C)CC1=CCC=C1CC(C)C.CC(C)Cc1ccc(CC(C)C)cc1.CC(C)Cc1ccccc1CC(C)C. The molecule has 76 heavy (non-hydrogen) atoms. The van der Waals surface area contributed by atoms with Gasteiger partial charge in [0.05, 0.1) is 0 Å². The normalized spacial score (nSPS) is 13.5. The van der Waals surface area contributed by atoms with Crippen molar-refractivity contribution in [3.05, 3.63) is 154 Å². The van der Waals surface area contributed by atoms with E-state index in [-0.39, 0.29) is 0 Å². The van der Waals surface area contributed by atoms with Gasteiger partial charge in [-0.1, -0.05) is 287 Å². The minimum Gasteiger partial charge on any atom is -0.0883 e. The van der Waals surface area contributed by atoms with Gasteiger partial charge in [0.15, 0.2) is 0 Å². The van der Waals surface area contributed by atoms with E-state index in [1.54, 1.807) is 22.3 Å². The Morgan fingerprint density at radius 1 is 0.303 bits per heavy atom. The van der Waals surface area contributed by atoms with Crippen molar-refractivity contribution in [3.63, 3.8) is 0 Å². The van der Waals surface area contributed by atoms with Gasteiger partial charge in [-0.25, -0.2) is 0 Å². The molecule has 2 aromatic rings. The van der Waals surface area contributed by atoms with E-state index in [4.69, 9.17) is 0 Å². The smallest absolute Gasteiger partial charge is 0.0102 e. The van der Waals surface area contributed by atoms with Crippen molar-refractivity contribution in [2.45, 2.75) is 256 Å². The zero-order valence-corrected chi connectivity index (χ0v) is 55.2. The third-order valence-corrected chi connectivity index (χ3v) is 12.4. The molecular formula is C76H130. The highest BCUT2D eigenvalue weighted by Crippen LogP contribution is 2.30. The fraction of sp³-hybridized carbons (Fsp3) is 0.658. The van der Waals surface area contributed by atoms with Gasteiger partial charge in [0.25, 0.3) is 0 Å². The second kappa shape index (κ2) is 45.5. The number of allylic oxidation sites excluding steroid dienone is 14. The van der Waals surface area contributed by atoms with Gasteiger partial charge in [-0.2, -0.15) is 0 Å². The second-order valence-corrected chi connectivity index (χ2v) is 27.7. The fourth-order valence-corrected chi connectivity index (χ4v) is 9.07. The highest BCUT2D eigenvalue weighted by molar-refractivity contribution is 5.37. The third-order valence-electron chi connectivity index (χ3n) is 12.4. The van der Waals surface area contributed by atoms with Gasteiger partial charge in [0, 0.05) is 0 Å². The largest absolute Gasteiger partial charge is 0.0883 e. The summed E-state index contributed by atoms with van der Waals surface area (Å²) in [5.41, 5.74) is 12.5. The Hall–Kier alpha value is -3.38. The molecule has 0 aromatic heterocycles. The highest BCUT2D eigenvalue weighted by Gasteiger charge is 2.13. The van der Waals surface area contributed by atoms with Crippen molar-refractivity contribution in [1.82, 2.24) is 0 Å². The first-order valence-corrected chi connectivity index (χ1v) is 31.5. The maximum absolute atomic E-state index is 2.40. The number of benzene rings is 2. The average molecular weight is 1040 g/mol. The van der Waals surface area contributed by atoms with Crippen molar-refractivity contribution in [2.75, 3.05) is 0 Å². The van der Waals surface area contributed by atoms with Crippen molar-refractivity contribution >= 4 is 0 Å². The zero-order valence-electron chi connectivity index (χ0n) is 55.2. The standard InChI is InChI=1S/2C14H22.2C13H22.C12H22.C10H20/c1-11(2)9-13-5-7-14(8-6-13)10-12(3)4;1-11(2)9-13-7-5-6-8-14(13)10-12(3)4;1-10(2)7-12-5-6-13(9-12)8-11(3)4;1-10(2)8-12-6-5-7-13(12)9-11(3)4;1-11(2)9-7-5-6-8-10-12(3)4;1-9(2)7-5-6-8-10(3)4/h2*5-8,11-12H,9-10H2,1-4H3;5-6,10-11H,7-9H2,1-4H3;6-7,10-11H,5,8-9H2,1-4H3;5-8,11-12H,9-10H2,1-4H3;5-6,9-10H,7-8H2,1-4H3/b;;;;7-5+,8-6+;6-5+. The van der Waals surface area contributed by atoms with Crippen LogP contribution in [0.5, 0.6) is 0 Å². The first-order chi connectivity index (χ1) is 35.6. The Labute approximate surface area is 478 Å². The molecule has 2 aliphatic rings. The molecule has 0 saturated heterocycles. The molecule has 0 atom stereocenters. The minimum atomic E-state index is 0.753. The van der Waals surface area contributed by atoms with Gasteiger partial charge in [-0.3, -0.25) is 0 Å². The molecule has 0 fully saturated rings. The van der Waals surface area contributed by atoms with Crippen LogP contribution in [0.3, 0.4) is 0 Å². The van der Waals surface area contributed by atoms with E-state index in [2.05, 4.69) is 275 Å². The molecule has 4 rings (SSSR count). The molecule has 0 nitrogen and oxygen atoms in total. The first kappa shape index (κ1) is 74.7. The molecule has 2 aromatic carbocycles. The molecule has 0 amide bonds. The van der Waals surface area contributed by atoms with Crippen LogP contribution in [0.2, 0.25) is 0 Å². The molecule has 0 N–H and O–H groups in total. The summed E-state index contributed by atoms with van der Waals surface area (Å²) in [6, 6.07) is 18.0. The highest BCUT2D eigenvalue weighted by atomic mass is 14.2. The van der Waals surface area contributed by atoms with E-state index in [9.17, 15) is 0 Å². The zero-order chi connectivity index (χ0) is 58.2. The van der Waals surface area contributed by atoms with Gasteiger partial charge in [0.1, 0.15) is 0 Å². The monoisotopic (exact) mass is 1040 g/mol. The Bertz CT molecular complexity index is 1760. The van der Waals surface area contributed by atoms with Crippen LogP contribution < -0.4 is 0 Å². The predicted molar refractivity (Wildman–Crippen MR) is 352 cm³/mol. The lowest BCUT2D eigenvalue weighted by molar-refractivity contribution is 0.613. The first-order valence-electron chi connectivity index (χ1n) is 31.5. The lowest BCUT2D eigenvalue weighted by Gasteiger charge is -2.13. The topological polar surface area (TPSA) is 0 Å². The summed E-state index contributed by atoms with van der Waals surface area (Å²) in [5, 5.41) is 0. The van der Waals surface area contributed by atoms with Crippen molar-refractivity contribution in [3.8, 4) is 0 Å². The van der Waals surface area contributed by atoms with Gasteiger partial charge in [0.2, 0.25) is 0 Å². The molecule has 2 aliphatic carbocycles. The molecule has 434 valence electrons. The summed E-state index contributed by atoms with van der Waals surface area (Å²) in [5.74, 6) is 9.38. The van der Waals surface area contributed by atoms with E-state index in [0.717, 1.165) is 71.0 Å². The van der Waals surface area contributed by atoms with Crippen LogP contribution in [0.15, 0.2) is 132 Å². The second-order valence-electron chi connectivity index (χ2n) is 27.7. The van der Waals surface area contributed by atoms with Gasteiger partial charge >= 0.3 is 0 Å². The van der Waals surface area contributed by atoms with Crippen molar-refractivity contribution < 1.29 is 0 Å². The van der Waals surface area contributed by atoms with Crippen LogP contribution in [0.1, 0.15) is 253 Å². The Morgan fingerprint density at radius 3 is 0.842 bits per heavy atom. The number of hydrogen-bond acceptors (Lipinski definition) is 0. The summed E-state index contributed by atoms with van der Waals surface area (Å²) in [6.07, 6.45) is 40.0. The predicted octanol–water partition coefficient (Wildman–Crippen LogP) is 24.7. The average Bonchev–Trinajstić information content (AvgIpc) is 3.92. The molecular weight excluding hydrogens is 913 g/mol. The van der Waals surface area contributed by atoms with E-state index in [1.807, 2.05) is 0 Å². The van der Waals surface area contributed by atoms with Crippen LogP contribution in [0, 0.1) is 71.0 Å². The molecule has 0 unspecified atom stereocenters. The van der Waals surface area contributed by atoms with Crippen molar-refractivity contribution in [1.29, 1.82) is 0 Å². The van der Waals surface area contributed by atoms with E-state index in [1.165, 1.54) is 112 Å². The van der Waals surface area contributed by atoms with Crippen LogP contribution >= 0.6 is 0 Å². The van der Waals surface area contributed by atoms with Crippen molar-refractivity contribution in [2.24, 2.45) is 71.0 Å². The number of rotatable bonds is 25. The molecule has 0 spiro atoms. The quantitative estimate of drug-likeness (QED) is 0.0687. The fourth-order valence-electron chi connectivity index (χ4n) is 9.07. The molecule has 0 heterocycles. The maximum atomic E-state index is 2.40. The van der Waals surface area contributed by atoms with E-state index >= 15 is 0 Å². The van der Waals surface area contributed by atoms with Crippen LogP contribution in [-0.2, 0) is 25.7 Å². The Balaban J connectivity index is 0. The van der Waals surface area contributed by atoms with Gasteiger partial charge in [-0.05, 0) is 194 Å². The number of hydrogen-bond donors (Lipinski definition) is 0. The third kappa shape index (κ3) is 47.8. The minimum absolute atomic E-state index is 0.753. The molecule has 0 aliphatic heterocycles. The molecule has 0 radical (unpaired) electrons. The van der Waals surface area contributed by atoms with Crippen LogP contribution in [0.25, 0.3) is 0 Å². The Kier molecular flexibility index (Phi) is 44.7. The lowest BCUT2D eigenvalue weighted by Crippen LogP contribution is -2.02. The van der Waals surface area contributed by atoms with Gasteiger partial charge in [-0.15, -0.1) is 0 Å². The van der Waals surface area contributed by atoms with Crippen LogP contribution in [0.4, 0.5) is 0 Å². The Morgan fingerprint density at radius 2 is 0.579 bits per heavy atom. The summed E-state index contributed by atoms with van der Waals surface area (Å²) < 4.78 is 0. The maximum Gasteiger partial charge on any atom is -0.0102 e. The molecule has 0 saturated carbocycles. The molecule has 0 heteroatoms.